The molecule has 106 valence electrons. The van der Waals surface area contributed by atoms with E-state index < -0.39 is 0 Å². The molecule has 1 aliphatic rings. The molecule has 0 heterocycles. The van der Waals surface area contributed by atoms with Crippen LogP contribution in [0.2, 0.25) is 0 Å². The first-order chi connectivity index (χ1) is 10.0. The first-order valence-electron chi connectivity index (χ1n) is 7.15. The number of aryl methyl sites for hydroxylation is 2. The molecule has 2 aromatic rings. The molecule has 3 rings (SSSR count). The van der Waals surface area contributed by atoms with Gasteiger partial charge in [0, 0.05) is 11.1 Å². The van der Waals surface area contributed by atoms with Crippen molar-refractivity contribution >= 4 is 11.9 Å². The highest BCUT2D eigenvalue weighted by atomic mass is 19.1. The van der Waals surface area contributed by atoms with Gasteiger partial charge in [-0.05, 0) is 67.7 Å². The molecule has 0 saturated carbocycles. The Morgan fingerprint density at radius 1 is 1.10 bits per heavy atom. The third-order valence-corrected chi connectivity index (χ3v) is 3.99. The fourth-order valence-electron chi connectivity index (χ4n) is 3.01. The molecule has 0 radical (unpaired) electrons. The number of allylic oxidation sites excluding steroid dienone is 1. The molecule has 0 atom stereocenters. The molecule has 1 nitrogen and oxygen atoms in total. The van der Waals surface area contributed by atoms with E-state index in [9.17, 15) is 9.18 Å². The fourth-order valence-corrected chi connectivity index (χ4v) is 3.01. The zero-order valence-corrected chi connectivity index (χ0v) is 12.2. The molecule has 0 bridgehead atoms. The van der Waals surface area contributed by atoms with Crippen molar-refractivity contribution < 1.29 is 9.18 Å². The zero-order valence-electron chi connectivity index (χ0n) is 12.2. The quantitative estimate of drug-likeness (QED) is 0.695. The molecule has 0 N–H and O–H groups in total. The molecular weight excluding hydrogens is 263 g/mol. The molecule has 0 aliphatic heterocycles. The van der Waals surface area contributed by atoms with Crippen LogP contribution in [0.15, 0.2) is 42.0 Å². The topological polar surface area (TPSA) is 17.1 Å². The summed E-state index contributed by atoms with van der Waals surface area (Å²) in [7, 11) is 0. The second kappa shape index (κ2) is 5.28. The van der Waals surface area contributed by atoms with Gasteiger partial charge in [-0.3, -0.25) is 4.79 Å². The Morgan fingerprint density at radius 3 is 2.67 bits per heavy atom. The Kier molecular flexibility index (Phi) is 3.46. The lowest BCUT2D eigenvalue weighted by molar-refractivity contribution is 0.102. The minimum Gasteiger partial charge on any atom is -0.289 e. The van der Waals surface area contributed by atoms with Crippen LogP contribution < -0.4 is 0 Å². The van der Waals surface area contributed by atoms with Crippen molar-refractivity contribution in [2.24, 2.45) is 0 Å². The Morgan fingerprint density at radius 2 is 1.90 bits per heavy atom. The average Bonchev–Trinajstić information content (AvgIpc) is 2.42. The molecule has 0 unspecified atom stereocenters. The van der Waals surface area contributed by atoms with E-state index in [-0.39, 0.29) is 11.6 Å². The van der Waals surface area contributed by atoms with Gasteiger partial charge in [-0.2, -0.15) is 0 Å². The van der Waals surface area contributed by atoms with E-state index in [1.165, 1.54) is 17.7 Å². The van der Waals surface area contributed by atoms with Crippen LogP contribution in [-0.4, -0.2) is 5.78 Å². The van der Waals surface area contributed by atoms with Crippen LogP contribution >= 0.6 is 0 Å². The normalized spacial score (nSPS) is 16.1. The highest BCUT2D eigenvalue weighted by molar-refractivity contribution is 6.13. The predicted octanol–water partition coefficient (Wildman–Crippen LogP) is 4.66. The van der Waals surface area contributed by atoms with Gasteiger partial charge in [0.05, 0.1) is 0 Å². The summed E-state index contributed by atoms with van der Waals surface area (Å²) < 4.78 is 13.2. The van der Waals surface area contributed by atoms with Gasteiger partial charge < -0.3 is 0 Å². The smallest absolute Gasteiger partial charge is 0.189 e. The summed E-state index contributed by atoms with van der Waals surface area (Å²) in [6.45, 7) is 4.06. The van der Waals surface area contributed by atoms with Crippen LogP contribution in [-0.2, 0) is 6.42 Å². The monoisotopic (exact) mass is 280 g/mol. The Labute approximate surface area is 124 Å². The SMILES string of the molecule is Cc1cc(C)c2c(c1)C(=O)C(=Cc1cccc(F)c1)CC2. The predicted molar refractivity (Wildman–Crippen MR) is 82.9 cm³/mol. The first-order valence-corrected chi connectivity index (χ1v) is 7.15. The highest BCUT2D eigenvalue weighted by Crippen LogP contribution is 2.29. The number of ketones is 1. The van der Waals surface area contributed by atoms with Crippen molar-refractivity contribution in [3.05, 3.63) is 75.6 Å². The lowest BCUT2D eigenvalue weighted by Gasteiger charge is -2.20. The van der Waals surface area contributed by atoms with Gasteiger partial charge in [0.15, 0.2) is 5.78 Å². The number of rotatable bonds is 1. The second-order valence-corrected chi connectivity index (χ2v) is 5.66. The summed E-state index contributed by atoms with van der Waals surface area (Å²) >= 11 is 0. The maximum absolute atomic E-state index is 13.2. The van der Waals surface area contributed by atoms with Gasteiger partial charge in [0.25, 0.3) is 0 Å². The highest BCUT2D eigenvalue weighted by Gasteiger charge is 2.23. The van der Waals surface area contributed by atoms with Gasteiger partial charge in [-0.1, -0.05) is 23.8 Å². The van der Waals surface area contributed by atoms with Crippen LogP contribution in [0, 0.1) is 19.7 Å². The third-order valence-electron chi connectivity index (χ3n) is 3.99. The van der Waals surface area contributed by atoms with Crippen LogP contribution in [0.25, 0.3) is 6.08 Å². The van der Waals surface area contributed by atoms with Crippen LogP contribution in [0.1, 0.15) is 39.0 Å². The number of fused-ring (bicyclic) bond motifs is 1. The van der Waals surface area contributed by atoms with Gasteiger partial charge >= 0.3 is 0 Å². The number of Topliss-reactive ketones (excluding diaryl/α,β-unsaturated/α-hetero) is 1. The second-order valence-electron chi connectivity index (χ2n) is 5.66. The van der Waals surface area contributed by atoms with Gasteiger partial charge in [0.1, 0.15) is 5.82 Å². The largest absolute Gasteiger partial charge is 0.289 e. The van der Waals surface area contributed by atoms with Crippen LogP contribution in [0.3, 0.4) is 0 Å². The van der Waals surface area contributed by atoms with Crippen molar-refractivity contribution in [2.75, 3.05) is 0 Å². The van der Waals surface area contributed by atoms with E-state index >= 15 is 0 Å². The minimum absolute atomic E-state index is 0.0762. The first kappa shape index (κ1) is 13.7. The summed E-state index contributed by atoms with van der Waals surface area (Å²) in [5.74, 6) is -0.202. The van der Waals surface area contributed by atoms with Crippen molar-refractivity contribution in [3.63, 3.8) is 0 Å². The Balaban J connectivity index is 2.03. The number of hydrogen-bond donors (Lipinski definition) is 0. The van der Waals surface area contributed by atoms with E-state index in [0.29, 0.717) is 6.42 Å². The van der Waals surface area contributed by atoms with Crippen LogP contribution in [0.5, 0.6) is 0 Å². The standard InChI is InChI=1S/C19H17FO/c1-12-8-13(2)17-7-6-15(19(21)18(17)9-12)10-14-4-3-5-16(20)11-14/h3-5,8-11H,6-7H2,1-2H3. The summed E-state index contributed by atoms with van der Waals surface area (Å²) in [6.07, 6.45) is 3.40. The van der Waals surface area contributed by atoms with Crippen molar-refractivity contribution in [1.82, 2.24) is 0 Å². The number of carbonyl (C=O) groups excluding carboxylic acids is 1. The van der Waals surface area contributed by atoms with E-state index in [2.05, 4.69) is 13.0 Å². The zero-order chi connectivity index (χ0) is 15.0. The number of carbonyl (C=O) groups is 1. The molecular formula is C19H17FO. The molecule has 21 heavy (non-hydrogen) atoms. The molecule has 2 heteroatoms. The molecule has 0 fully saturated rings. The van der Waals surface area contributed by atoms with E-state index in [0.717, 1.165) is 34.2 Å². The molecule has 1 aliphatic carbocycles. The molecule has 0 amide bonds. The number of halogens is 1. The molecule has 0 saturated heterocycles. The molecule has 0 spiro atoms. The summed E-state index contributed by atoms with van der Waals surface area (Å²) in [4.78, 5) is 12.6. The number of hydrogen-bond acceptors (Lipinski definition) is 1. The molecule has 0 aromatic heterocycles. The van der Waals surface area contributed by atoms with E-state index in [1.807, 2.05) is 25.1 Å². The summed E-state index contributed by atoms with van der Waals surface area (Å²) in [5.41, 5.74) is 5.75. The third kappa shape index (κ3) is 2.66. The lowest BCUT2D eigenvalue weighted by atomic mass is 9.83. The summed E-state index contributed by atoms with van der Waals surface area (Å²) in [5, 5.41) is 0. The van der Waals surface area contributed by atoms with Crippen molar-refractivity contribution in [3.8, 4) is 0 Å². The van der Waals surface area contributed by atoms with Gasteiger partial charge in [-0.15, -0.1) is 0 Å². The van der Waals surface area contributed by atoms with Crippen molar-refractivity contribution in [2.45, 2.75) is 26.7 Å². The Hall–Kier alpha value is -2.22. The fraction of sp³-hybridized carbons (Fsp3) is 0.211. The van der Waals surface area contributed by atoms with E-state index in [4.69, 9.17) is 0 Å². The van der Waals surface area contributed by atoms with Gasteiger partial charge in [0.2, 0.25) is 0 Å². The lowest BCUT2D eigenvalue weighted by Crippen LogP contribution is -2.15. The Bertz CT molecular complexity index is 756. The number of benzene rings is 2. The average molecular weight is 280 g/mol. The van der Waals surface area contributed by atoms with Crippen LogP contribution in [0.4, 0.5) is 4.39 Å². The van der Waals surface area contributed by atoms with Gasteiger partial charge in [-0.25, -0.2) is 4.39 Å². The van der Waals surface area contributed by atoms with E-state index in [1.54, 1.807) is 6.07 Å². The maximum Gasteiger partial charge on any atom is 0.189 e. The molecule has 2 aromatic carbocycles. The van der Waals surface area contributed by atoms with Crippen molar-refractivity contribution in [1.29, 1.82) is 0 Å². The minimum atomic E-state index is -0.278. The maximum atomic E-state index is 13.2. The summed E-state index contributed by atoms with van der Waals surface area (Å²) in [6, 6.07) is 10.4.